The SMILES string of the molecule is NS(=O)(=O)C1CCCN(C(=O)Cc2ccc(F)cc2F)C1. The molecule has 5 nitrogen and oxygen atoms in total. The van der Waals surface area contributed by atoms with E-state index in [1.807, 2.05) is 0 Å². The maximum atomic E-state index is 13.5. The lowest BCUT2D eigenvalue weighted by Gasteiger charge is -2.31. The van der Waals surface area contributed by atoms with Crippen molar-refractivity contribution < 1.29 is 22.0 Å². The van der Waals surface area contributed by atoms with Crippen molar-refractivity contribution in [2.45, 2.75) is 24.5 Å². The number of nitrogens with zero attached hydrogens (tertiary/aromatic N) is 1. The van der Waals surface area contributed by atoms with Gasteiger partial charge in [-0.25, -0.2) is 22.3 Å². The Morgan fingerprint density at radius 3 is 2.71 bits per heavy atom. The molecule has 1 heterocycles. The van der Waals surface area contributed by atoms with Crippen LogP contribution in [0.25, 0.3) is 0 Å². The zero-order chi connectivity index (χ0) is 15.6. The first-order chi connectivity index (χ1) is 9.77. The summed E-state index contributed by atoms with van der Waals surface area (Å²) in [7, 11) is -3.70. The Balaban J connectivity index is 2.06. The van der Waals surface area contributed by atoms with Crippen molar-refractivity contribution in [3.05, 3.63) is 35.4 Å². The number of carbonyl (C=O) groups excluding carboxylic acids is 1. The molecule has 21 heavy (non-hydrogen) atoms. The molecule has 1 aliphatic rings. The highest BCUT2D eigenvalue weighted by atomic mass is 32.2. The van der Waals surface area contributed by atoms with Crippen LogP contribution in [0.2, 0.25) is 0 Å². The molecule has 1 aromatic carbocycles. The third-order valence-corrected chi connectivity index (χ3v) is 4.87. The summed E-state index contributed by atoms with van der Waals surface area (Å²) < 4.78 is 49.0. The Morgan fingerprint density at radius 1 is 1.38 bits per heavy atom. The molecular weight excluding hydrogens is 302 g/mol. The molecule has 1 amide bonds. The molecule has 0 spiro atoms. The van der Waals surface area contributed by atoms with Crippen LogP contribution in [-0.2, 0) is 21.2 Å². The molecule has 1 aliphatic heterocycles. The fourth-order valence-electron chi connectivity index (χ4n) is 2.37. The van der Waals surface area contributed by atoms with Crippen LogP contribution in [0.5, 0.6) is 0 Å². The topological polar surface area (TPSA) is 80.5 Å². The second-order valence-electron chi connectivity index (χ2n) is 5.11. The molecule has 0 bridgehead atoms. The maximum absolute atomic E-state index is 13.5. The average Bonchev–Trinajstić information content (AvgIpc) is 2.41. The van der Waals surface area contributed by atoms with Crippen molar-refractivity contribution in [3.8, 4) is 0 Å². The lowest BCUT2D eigenvalue weighted by Crippen LogP contribution is -2.47. The first-order valence-electron chi connectivity index (χ1n) is 6.50. The summed E-state index contributed by atoms with van der Waals surface area (Å²) in [6, 6.07) is 3.00. The largest absolute Gasteiger partial charge is 0.341 e. The van der Waals surface area contributed by atoms with E-state index in [1.54, 1.807) is 0 Å². The van der Waals surface area contributed by atoms with Gasteiger partial charge in [-0.15, -0.1) is 0 Å². The molecule has 116 valence electrons. The number of benzene rings is 1. The molecule has 1 fully saturated rings. The van der Waals surface area contributed by atoms with Crippen LogP contribution in [0, 0.1) is 11.6 Å². The molecule has 8 heteroatoms. The molecule has 0 aliphatic carbocycles. The predicted molar refractivity (Wildman–Crippen MR) is 72.8 cm³/mol. The van der Waals surface area contributed by atoms with Gasteiger partial charge in [-0.1, -0.05) is 6.07 Å². The zero-order valence-electron chi connectivity index (χ0n) is 11.3. The minimum absolute atomic E-state index is 0.0144. The van der Waals surface area contributed by atoms with Crippen LogP contribution in [0.4, 0.5) is 8.78 Å². The Labute approximate surface area is 121 Å². The lowest BCUT2D eigenvalue weighted by atomic mass is 10.1. The Morgan fingerprint density at radius 2 is 2.10 bits per heavy atom. The molecule has 0 aromatic heterocycles. The van der Waals surface area contributed by atoms with E-state index in [0.717, 1.165) is 6.07 Å². The van der Waals surface area contributed by atoms with Gasteiger partial charge in [0.25, 0.3) is 0 Å². The Kier molecular flexibility index (Phi) is 4.58. The van der Waals surface area contributed by atoms with Crippen molar-refractivity contribution in [1.29, 1.82) is 0 Å². The summed E-state index contributed by atoms with van der Waals surface area (Å²) in [5, 5.41) is 4.31. The minimum atomic E-state index is -3.70. The summed E-state index contributed by atoms with van der Waals surface area (Å²) in [6.07, 6.45) is 0.704. The first kappa shape index (κ1) is 15.8. The quantitative estimate of drug-likeness (QED) is 0.894. The number of amides is 1. The van der Waals surface area contributed by atoms with Gasteiger partial charge in [0, 0.05) is 19.2 Å². The third kappa shape index (κ3) is 3.98. The highest BCUT2D eigenvalue weighted by molar-refractivity contribution is 7.89. The predicted octanol–water partition coefficient (Wildman–Crippen LogP) is 0.787. The van der Waals surface area contributed by atoms with Crippen molar-refractivity contribution >= 4 is 15.9 Å². The summed E-state index contributed by atoms with van der Waals surface area (Å²) >= 11 is 0. The number of primary sulfonamides is 1. The van der Waals surface area contributed by atoms with E-state index >= 15 is 0 Å². The van der Waals surface area contributed by atoms with Crippen LogP contribution in [-0.4, -0.2) is 37.6 Å². The van der Waals surface area contributed by atoms with Gasteiger partial charge in [-0.2, -0.15) is 0 Å². The molecule has 0 saturated carbocycles. The van der Waals surface area contributed by atoms with Gasteiger partial charge in [0.1, 0.15) is 11.6 Å². The summed E-state index contributed by atoms with van der Waals surface area (Å²) in [6.45, 7) is 0.425. The standard InChI is InChI=1S/C13H16F2N2O3S/c14-10-4-3-9(12(15)7-10)6-13(18)17-5-1-2-11(8-17)21(16,19)20/h3-4,7,11H,1-2,5-6,8H2,(H2,16,19,20). The number of carbonyl (C=O) groups is 1. The second-order valence-corrected chi connectivity index (χ2v) is 6.95. The number of rotatable bonds is 3. The highest BCUT2D eigenvalue weighted by Gasteiger charge is 2.30. The van der Waals surface area contributed by atoms with Crippen molar-refractivity contribution in [3.63, 3.8) is 0 Å². The van der Waals surface area contributed by atoms with Gasteiger partial charge < -0.3 is 4.90 Å². The lowest BCUT2D eigenvalue weighted by molar-refractivity contribution is -0.131. The number of likely N-dealkylation sites (tertiary alicyclic amines) is 1. The summed E-state index contributed by atoms with van der Waals surface area (Å²) in [5.41, 5.74) is 0.0825. The number of hydrogen-bond acceptors (Lipinski definition) is 3. The van der Waals surface area contributed by atoms with E-state index in [2.05, 4.69) is 0 Å². The molecule has 1 atom stereocenters. The van der Waals surface area contributed by atoms with Crippen LogP contribution >= 0.6 is 0 Å². The minimum Gasteiger partial charge on any atom is -0.341 e. The van der Waals surface area contributed by atoms with Crippen molar-refractivity contribution in [2.75, 3.05) is 13.1 Å². The van der Waals surface area contributed by atoms with E-state index in [0.29, 0.717) is 25.5 Å². The molecule has 2 N–H and O–H groups in total. The van der Waals surface area contributed by atoms with Crippen LogP contribution < -0.4 is 5.14 Å². The number of hydrogen-bond donors (Lipinski definition) is 1. The smallest absolute Gasteiger partial charge is 0.227 e. The summed E-state index contributed by atoms with van der Waals surface area (Å²) in [5.74, 6) is -1.90. The fraction of sp³-hybridized carbons (Fsp3) is 0.462. The fourth-order valence-corrected chi connectivity index (χ4v) is 3.26. The highest BCUT2D eigenvalue weighted by Crippen LogP contribution is 2.17. The van der Waals surface area contributed by atoms with Gasteiger partial charge in [-0.3, -0.25) is 4.79 Å². The van der Waals surface area contributed by atoms with E-state index < -0.39 is 32.8 Å². The van der Waals surface area contributed by atoms with E-state index in [1.165, 1.54) is 11.0 Å². The van der Waals surface area contributed by atoms with Gasteiger partial charge in [0.15, 0.2) is 0 Å². The maximum Gasteiger partial charge on any atom is 0.227 e. The van der Waals surface area contributed by atoms with Gasteiger partial charge in [0.2, 0.25) is 15.9 Å². The number of halogens is 2. The normalized spacial score (nSPS) is 19.6. The third-order valence-electron chi connectivity index (χ3n) is 3.55. The van der Waals surface area contributed by atoms with Crippen molar-refractivity contribution in [1.82, 2.24) is 4.90 Å². The van der Waals surface area contributed by atoms with Crippen molar-refractivity contribution in [2.24, 2.45) is 5.14 Å². The molecule has 1 unspecified atom stereocenters. The molecule has 1 saturated heterocycles. The zero-order valence-corrected chi connectivity index (χ0v) is 12.1. The Hall–Kier alpha value is -1.54. The monoisotopic (exact) mass is 318 g/mol. The van der Waals surface area contributed by atoms with E-state index in [-0.39, 0.29) is 18.5 Å². The van der Waals surface area contributed by atoms with Crippen LogP contribution in [0.15, 0.2) is 18.2 Å². The van der Waals surface area contributed by atoms with E-state index in [4.69, 9.17) is 5.14 Å². The van der Waals surface area contributed by atoms with Crippen LogP contribution in [0.1, 0.15) is 18.4 Å². The molecule has 1 aromatic rings. The van der Waals surface area contributed by atoms with Crippen LogP contribution in [0.3, 0.4) is 0 Å². The molecular formula is C13H16F2N2O3S. The molecule has 0 radical (unpaired) electrons. The van der Waals surface area contributed by atoms with Gasteiger partial charge in [0.05, 0.1) is 11.7 Å². The van der Waals surface area contributed by atoms with E-state index in [9.17, 15) is 22.0 Å². The number of nitrogens with two attached hydrogens (primary N) is 1. The Bertz CT molecular complexity index is 649. The molecule has 2 rings (SSSR count). The first-order valence-corrected chi connectivity index (χ1v) is 8.11. The number of piperidine rings is 1. The summed E-state index contributed by atoms with van der Waals surface area (Å²) in [4.78, 5) is 13.5. The average molecular weight is 318 g/mol. The second kappa shape index (κ2) is 6.07. The van der Waals surface area contributed by atoms with Gasteiger partial charge >= 0.3 is 0 Å². The van der Waals surface area contributed by atoms with Gasteiger partial charge in [-0.05, 0) is 24.5 Å². The number of sulfonamides is 1.